The Labute approximate surface area is 181 Å². The van der Waals surface area contributed by atoms with E-state index in [0.29, 0.717) is 5.95 Å². The molecule has 0 saturated heterocycles. The van der Waals surface area contributed by atoms with Gasteiger partial charge in [-0.1, -0.05) is 46.3 Å². The summed E-state index contributed by atoms with van der Waals surface area (Å²) in [5.74, 6) is 1.54. The molecule has 0 spiro atoms. The van der Waals surface area contributed by atoms with E-state index in [-0.39, 0.29) is 12.1 Å². The van der Waals surface area contributed by atoms with E-state index in [2.05, 4.69) is 60.6 Å². The molecule has 7 heteroatoms. The molecule has 6 nitrogen and oxygen atoms in total. The van der Waals surface area contributed by atoms with Gasteiger partial charge in [-0.15, -0.1) is 0 Å². The van der Waals surface area contributed by atoms with Gasteiger partial charge in [0.25, 0.3) is 0 Å². The number of anilines is 1. The van der Waals surface area contributed by atoms with Crippen LogP contribution in [0.3, 0.4) is 0 Å². The molecule has 2 aromatic carbocycles. The Balaban J connectivity index is 1.63. The highest BCUT2D eigenvalue weighted by Gasteiger charge is 2.40. The van der Waals surface area contributed by atoms with Crippen LogP contribution in [0.15, 0.2) is 89.4 Å². The largest absolute Gasteiger partial charge is 0.480 e. The second kappa shape index (κ2) is 6.81. The lowest BCUT2D eigenvalue weighted by Gasteiger charge is -2.38. The van der Waals surface area contributed by atoms with Crippen molar-refractivity contribution in [2.45, 2.75) is 12.1 Å². The Morgan fingerprint density at radius 2 is 1.83 bits per heavy atom. The monoisotopic (exact) mass is 457 g/mol. The first-order valence-electron chi connectivity index (χ1n) is 9.61. The molecule has 0 unspecified atom stereocenters. The first-order valence-corrected chi connectivity index (χ1v) is 10.4. The van der Waals surface area contributed by atoms with Crippen LogP contribution in [-0.4, -0.2) is 19.7 Å². The molecule has 0 amide bonds. The van der Waals surface area contributed by atoms with Crippen molar-refractivity contribution in [1.29, 1.82) is 0 Å². The topological polar surface area (TPSA) is 64.9 Å². The molecule has 0 aliphatic carbocycles. The van der Waals surface area contributed by atoms with Crippen LogP contribution in [0.4, 0.5) is 5.95 Å². The Hall–Kier alpha value is -3.45. The maximum absolute atomic E-state index is 6.58. The van der Waals surface area contributed by atoms with Crippen LogP contribution in [0.5, 0.6) is 5.75 Å². The molecule has 2 aromatic heterocycles. The lowest BCUT2D eigenvalue weighted by atomic mass is 9.85. The van der Waals surface area contributed by atoms with Crippen molar-refractivity contribution in [2.24, 2.45) is 0 Å². The minimum absolute atomic E-state index is 0.186. The number of halogens is 1. The molecule has 2 atom stereocenters. The normalized spacial score (nSPS) is 19.2. The van der Waals surface area contributed by atoms with Crippen LogP contribution < -0.4 is 10.1 Å². The summed E-state index contributed by atoms with van der Waals surface area (Å²) >= 11 is 3.53. The van der Waals surface area contributed by atoms with Gasteiger partial charge in [0.15, 0.2) is 0 Å². The number of ether oxygens (including phenoxy) is 1. The third kappa shape index (κ3) is 2.66. The molecule has 30 heavy (non-hydrogen) atoms. The Morgan fingerprint density at radius 1 is 0.967 bits per heavy atom. The van der Waals surface area contributed by atoms with Crippen LogP contribution in [0.2, 0.25) is 0 Å². The number of fused-ring (bicyclic) bond motifs is 3. The number of para-hydroxylation sites is 1. The number of benzene rings is 2. The van der Waals surface area contributed by atoms with Gasteiger partial charge in [0.1, 0.15) is 24.2 Å². The molecule has 0 bridgehead atoms. The highest BCUT2D eigenvalue weighted by molar-refractivity contribution is 9.10. The van der Waals surface area contributed by atoms with Gasteiger partial charge in [-0.05, 0) is 41.5 Å². The van der Waals surface area contributed by atoms with Gasteiger partial charge in [0.2, 0.25) is 5.95 Å². The predicted molar refractivity (Wildman–Crippen MR) is 117 cm³/mol. The first kappa shape index (κ1) is 17.4. The van der Waals surface area contributed by atoms with Crippen LogP contribution in [0.25, 0.3) is 5.70 Å². The number of aromatic nitrogens is 4. The number of pyridine rings is 1. The maximum atomic E-state index is 6.58. The van der Waals surface area contributed by atoms with Gasteiger partial charge in [-0.25, -0.2) is 4.68 Å². The van der Waals surface area contributed by atoms with E-state index in [4.69, 9.17) is 4.74 Å². The van der Waals surface area contributed by atoms with E-state index in [9.17, 15) is 0 Å². The van der Waals surface area contributed by atoms with Crippen molar-refractivity contribution < 1.29 is 4.74 Å². The van der Waals surface area contributed by atoms with E-state index >= 15 is 0 Å². The zero-order chi connectivity index (χ0) is 20.1. The average Bonchev–Trinajstić information content (AvgIpc) is 3.26. The fraction of sp³-hybridized carbons (Fsp3) is 0.0870. The molecule has 2 aliphatic heterocycles. The van der Waals surface area contributed by atoms with Gasteiger partial charge in [-0.2, -0.15) is 10.1 Å². The zero-order valence-electron chi connectivity index (χ0n) is 15.7. The van der Waals surface area contributed by atoms with E-state index in [0.717, 1.165) is 38.2 Å². The maximum Gasteiger partial charge on any atom is 0.226 e. The molecular formula is C23H16BrN5O. The molecule has 0 saturated carbocycles. The first-order chi connectivity index (χ1) is 14.8. The van der Waals surface area contributed by atoms with E-state index in [1.165, 1.54) is 0 Å². The SMILES string of the molecule is Brc1ccc([C@@H]2Oc3ccccc3C3=C2[C@H](c2cccnc2)n2ncnc2N3)cc1. The smallest absolute Gasteiger partial charge is 0.226 e. The van der Waals surface area contributed by atoms with Gasteiger partial charge >= 0.3 is 0 Å². The lowest BCUT2D eigenvalue weighted by Crippen LogP contribution is -2.32. The van der Waals surface area contributed by atoms with Crippen molar-refractivity contribution in [3.63, 3.8) is 0 Å². The standard InChI is InChI=1S/C23H16BrN5O/c24-16-9-7-14(8-10-16)22-19-20(17-5-1-2-6-18(17)30-22)28-23-26-13-27-29(23)21(19)15-4-3-11-25-12-15/h1-13,21-22H,(H,26,27,28)/t21-,22-/m0/s1. The summed E-state index contributed by atoms with van der Waals surface area (Å²) in [5, 5.41) is 8.03. The number of hydrogen-bond acceptors (Lipinski definition) is 5. The van der Waals surface area contributed by atoms with E-state index in [1.807, 2.05) is 47.3 Å². The summed E-state index contributed by atoms with van der Waals surface area (Å²) in [7, 11) is 0. The van der Waals surface area contributed by atoms with E-state index < -0.39 is 0 Å². The van der Waals surface area contributed by atoms with Crippen molar-refractivity contribution in [1.82, 2.24) is 19.7 Å². The Bertz CT molecular complexity index is 1270. The second-order valence-electron chi connectivity index (χ2n) is 7.22. The fourth-order valence-electron chi connectivity index (χ4n) is 4.19. The summed E-state index contributed by atoms with van der Waals surface area (Å²) in [6.07, 6.45) is 4.95. The third-order valence-corrected chi connectivity index (χ3v) is 6.02. The number of nitrogens with zero attached hydrogens (tertiary/aromatic N) is 4. The van der Waals surface area contributed by atoms with Crippen molar-refractivity contribution in [2.75, 3.05) is 5.32 Å². The van der Waals surface area contributed by atoms with Gasteiger partial charge in [0, 0.05) is 28.0 Å². The fourth-order valence-corrected chi connectivity index (χ4v) is 4.45. The molecule has 0 radical (unpaired) electrons. The van der Waals surface area contributed by atoms with E-state index in [1.54, 1.807) is 12.5 Å². The number of rotatable bonds is 2. The van der Waals surface area contributed by atoms with Crippen LogP contribution >= 0.6 is 15.9 Å². The van der Waals surface area contributed by atoms with Gasteiger partial charge < -0.3 is 10.1 Å². The summed E-state index contributed by atoms with van der Waals surface area (Å²) in [4.78, 5) is 8.80. The minimum atomic E-state index is -0.280. The van der Waals surface area contributed by atoms with Gasteiger partial charge in [-0.3, -0.25) is 4.98 Å². The van der Waals surface area contributed by atoms with Crippen LogP contribution in [0.1, 0.15) is 28.8 Å². The van der Waals surface area contributed by atoms with Crippen LogP contribution in [-0.2, 0) is 0 Å². The Kier molecular flexibility index (Phi) is 3.95. The Morgan fingerprint density at radius 3 is 2.67 bits per heavy atom. The number of hydrogen-bond donors (Lipinski definition) is 1. The summed E-state index contributed by atoms with van der Waals surface area (Å²) < 4.78 is 9.51. The third-order valence-electron chi connectivity index (χ3n) is 5.49. The number of nitrogens with one attached hydrogen (secondary N) is 1. The zero-order valence-corrected chi connectivity index (χ0v) is 17.3. The van der Waals surface area contributed by atoms with Crippen molar-refractivity contribution >= 4 is 27.6 Å². The van der Waals surface area contributed by atoms with Crippen LogP contribution in [0, 0.1) is 0 Å². The molecule has 1 N–H and O–H groups in total. The van der Waals surface area contributed by atoms with Crippen molar-refractivity contribution in [3.8, 4) is 5.75 Å². The molecule has 2 aliphatic rings. The predicted octanol–water partition coefficient (Wildman–Crippen LogP) is 5.00. The minimum Gasteiger partial charge on any atom is -0.480 e. The highest BCUT2D eigenvalue weighted by atomic mass is 79.9. The quantitative estimate of drug-likeness (QED) is 0.458. The summed E-state index contributed by atoms with van der Waals surface area (Å²) in [5.41, 5.74) is 5.22. The summed E-state index contributed by atoms with van der Waals surface area (Å²) in [6.45, 7) is 0. The highest BCUT2D eigenvalue weighted by Crippen LogP contribution is 2.50. The molecule has 146 valence electrons. The summed E-state index contributed by atoms with van der Waals surface area (Å²) in [6, 6.07) is 20.2. The van der Waals surface area contributed by atoms with Gasteiger partial charge in [0.05, 0.1) is 5.70 Å². The molecule has 4 heterocycles. The molecule has 6 rings (SSSR count). The lowest BCUT2D eigenvalue weighted by molar-refractivity contribution is 0.223. The molecule has 4 aromatic rings. The average molecular weight is 458 g/mol. The van der Waals surface area contributed by atoms with Crippen molar-refractivity contribution in [3.05, 3.63) is 106 Å². The molecule has 0 fully saturated rings. The second-order valence-corrected chi connectivity index (χ2v) is 8.13. The molecular weight excluding hydrogens is 442 g/mol.